The highest BCUT2D eigenvalue weighted by molar-refractivity contribution is 5.75. The fourth-order valence-electron chi connectivity index (χ4n) is 2.35. The minimum Gasteiger partial charge on any atom is -0.310 e. The molecular formula is C16H22N4O. The van der Waals surface area contributed by atoms with E-state index in [-0.39, 0.29) is 17.1 Å². The molecule has 0 saturated carbocycles. The normalized spacial score (nSPS) is 13.2. The van der Waals surface area contributed by atoms with E-state index < -0.39 is 0 Å². The van der Waals surface area contributed by atoms with Crippen molar-refractivity contribution in [3.05, 3.63) is 34.2 Å². The highest BCUT2D eigenvalue weighted by atomic mass is 16.1. The molecule has 0 bridgehead atoms. The van der Waals surface area contributed by atoms with Crippen molar-refractivity contribution in [2.75, 3.05) is 6.54 Å². The van der Waals surface area contributed by atoms with E-state index >= 15 is 0 Å². The Hall–Kier alpha value is -2.06. The summed E-state index contributed by atoms with van der Waals surface area (Å²) in [6, 6.07) is 8.32. The number of fused-ring (bicyclic) bond motifs is 1. The van der Waals surface area contributed by atoms with Crippen molar-refractivity contribution in [2.24, 2.45) is 5.41 Å². The summed E-state index contributed by atoms with van der Waals surface area (Å²) < 4.78 is 0. The molecule has 21 heavy (non-hydrogen) atoms. The molecule has 0 radical (unpaired) electrons. The number of nitriles is 1. The van der Waals surface area contributed by atoms with Gasteiger partial charge in [-0.2, -0.15) is 5.26 Å². The first-order valence-electron chi connectivity index (χ1n) is 7.23. The maximum atomic E-state index is 11.3. The molecule has 5 nitrogen and oxygen atoms in total. The fourth-order valence-corrected chi connectivity index (χ4v) is 2.35. The van der Waals surface area contributed by atoms with Gasteiger partial charge in [0.25, 0.3) is 0 Å². The molecule has 1 heterocycles. The molecule has 0 saturated heterocycles. The molecule has 1 atom stereocenters. The molecule has 0 aliphatic carbocycles. The summed E-state index contributed by atoms with van der Waals surface area (Å²) in [5, 5.41) is 12.2. The van der Waals surface area contributed by atoms with Crippen LogP contribution in [0.3, 0.4) is 0 Å². The predicted octanol–water partition coefficient (Wildman–Crippen LogP) is 2.84. The number of nitrogens with one attached hydrogen (secondary N) is 3. The van der Waals surface area contributed by atoms with Crippen LogP contribution in [-0.4, -0.2) is 16.5 Å². The van der Waals surface area contributed by atoms with E-state index in [1.165, 1.54) is 0 Å². The van der Waals surface area contributed by atoms with Crippen molar-refractivity contribution >= 4 is 11.0 Å². The Labute approximate surface area is 124 Å². The maximum Gasteiger partial charge on any atom is 0.323 e. The van der Waals surface area contributed by atoms with Crippen LogP contribution in [0.15, 0.2) is 23.0 Å². The summed E-state index contributed by atoms with van der Waals surface area (Å²) >= 11 is 0. The fraction of sp³-hybridized carbons (Fsp3) is 0.500. The Bertz CT molecular complexity index is 705. The van der Waals surface area contributed by atoms with Crippen LogP contribution in [-0.2, 0) is 0 Å². The Balaban J connectivity index is 2.03. The largest absolute Gasteiger partial charge is 0.323 e. The van der Waals surface area contributed by atoms with Crippen LogP contribution in [0.5, 0.6) is 0 Å². The monoisotopic (exact) mass is 286 g/mol. The first-order valence-corrected chi connectivity index (χ1v) is 7.23. The van der Waals surface area contributed by atoms with Crippen LogP contribution in [0.4, 0.5) is 0 Å². The number of rotatable bonds is 6. The molecule has 1 aromatic carbocycles. The van der Waals surface area contributed by atoms with E-state index in [0.29, 0.717) is 6.42 Å². The number of H-pyrrole nitrogens is 2. The topological polar surface area (TPSA) is 84.5 Å². The summed E-state index contributed by atoms with van der Waals surface area (Å²) in [7, 11) is 0. The Morgan fingerprint density at radius 2 is 2.05 bits per heavy atom. The van der Waals surface area contributed by atoms with Crippen molar-refractivity contribution in [3.8, 4) is 6.07 Å². The molecule has 112 valence electrons. The number of imidazole rings is 1. The Morgan fingerprint density at radius 3 is 2.76 bits per heavy atom. The third-order valence-electron chi connectivity index (χ3n) is 3.84. The molecule has 1 aromatic heterocycles. The van der Waals surface area contributed by atoms with Gasteiger partial charge in [-0.25, -0.2) is 4.79 Å². The van der Waals surface area contributed by atoms with Crippen molar-refractivity contribution in [1.29, 1.82) is 5.26 Å². The van der Waals surface area contributed by atoms with Crippen LogP contribution in [0.2, 0.25) is 0 Å². The lowest BCUT2D eigenvalue weighted by Crippen LogP contribution is -2.31. The number of benzene rings is 1. The number of hydrogen-bond acceptors (Lipinski definition) is 3. The molecule has 2 rings (SSSR count). The van der Waals surface area contributed by atoms with Crippen LogP contribution in [0.1, 0.15) is 45.2 Å². The second-order valence-electron chi connectivity index (χ2n) is 6.31. The smallest absolute Gasteiger partial charge is 0.310 e. The zero-order valence-corrected chi connectivity index (χ0v) is 12.8. The first-order chi connectivity index (χ1) is 9.91. The molecular weight excluding hydrogens is 264 g/mol. The Morgan fingerprint density at radius 1 is 1.33 bits per heavy atom. The van der Waals surface area contributed by atoms with Gasteiger partial charge in [-0.3, -0.25) is 0 Å². The quantitative estimate of drug-likeness (QED) is 0.763. The van der Waals surface area contributed by atoms with Gasteiger partial charge >= 0.3 is 5.69 Å². The standard InChI is InChI=1S/C16H22N4O/c1-11(18-10-16(2,3)7-4-8-17)12-5-6-13-14(9-12)20-15(21)19-13/h5-6,9,11,18H,4,7,10H2,1-3H3,(H2,19,20,21). The summed E-state index contributed by atoms with van der Waals surface area (Å²) in [5.74, 6) is 0. The van der Waals surface area contributed by atoms with Crippen LogP contribution >= 0.6 is 0 Å². The van der Waals surface area contributed by atoms with Crippen LogP contribution in [0.25, 0.3) is 11.0 Å². The molecule has 0 amide bonds. The predicted molar refractivity (Wildman–Crippen MR) is 84.0 cm³/mol. The van der Waals surface area contributed by atoms with Gasteiger partial charge in [0.15, 0.2) is 0 Å². The highest BCUT2D eigenvalue weighted by Gasteiger charge is 2.18. The number of aromatic nitrogens is 2. The van der Waals surface area contributed by atoms with E-state index in [2.05, 4.69) is 42.1 Å². The van der Waals surface area contributed by atoms with Gasteiger partial charge in [0.1, 0.15) is 0 Å². The zero-order chi connectivity index (χ0) is 15.5. The van der Waals surface area contributed by atoms with Gasteiger partial charge in [0.2, 0.25) is 0 Å². The van der Waals surface area contributed by atoms with E-state index in [1.54, 1.807) is 0 Å². The van der Waals surface area contributed by atoms with Crippen molar-refractivity contribution in [1.82, 2.24) is 15.3 Å². The maximum absolute atomic E-state index is 11.3. The van der Waals surface area contributed by atoms with E-state index in [1.807, 2.05) is 18.2 Å². The van der Waals surface area contributed by atoms with Crippen molar-refractivity contribution < 1.29 is 0 Å². The number of aromatic amines is 2. The Kier molecular flexibility index (Phi) is 4.49. The zero-order valence-electron chi connectivity index (χ0n) is 12.8. The molecule has 0 aliphatic heterocycles. The average molecular weight is 286 g/mol. The molecule has 3 N–H and O–H groups in total. The van der Waals surface area contributed by atoms with Gasteiger partial charge in [-0.15, -0.1) is 0 Å². The minimum absolute atomic E-state index is 0.0937. The lowest BCUT2D eigenvalue weighted by molar-refractivity contribution is 0.305. The third-order valence-corrected chi connectivity index (χ3v) is 3.84. The summed E-state index contributed by atoms with van der Waals surface area (Å²) in [6.45, 7) is 7.28. The highest BCUT2D eigenvalue weighted by Crippen LogP contribution is 2.23. The van der Waals surface area contributed by atoms with Gasteiger partial charge in [0.05, 0.1) is 17.1 Å². The first kappa shape index (κ1) is 15.3. The van der Waals surface area contributed by atoms with Gasteiger partial charge in [0, 0.05) is 19.0 Å². The summed E-state index contributed by atoms with van der Waals surface area (Å²) in [6.07, 6.45) is 1.47. The second-order valence-corrected chi connectivity index (χ2v) is 6.31. The van der Waals surface area contributed by atoms with Crippen molar-refractivity contribution in [3.63, 3.8) is 0 Å². The lowest BCUT2D eigenvalue weighted by Gasteiger charge is -2.26. The van der Waals surface area contributed by atoms with Crippen LogP contribution in [0, 0.1) is 16.7 Å². The van der Waals surface area contributed by atoms with Gasteiger partial charge in [-0.1, -0.05) is 19.9 Å². The number of hydrogen-bond donors (Lipinski definition) is 3. The summed E-state index contributed by atoms with van der Waals surface area (Å²) in [4.78, 5) is 16.8. The minimum atomic E-state index is -0.180. The van der Waals surface area contributed by atoms with E-state index in [9.17, 15) is 4.79 Å². The van der Waals surface area contributed by atoms with E-state index in [0.717, 1.165) is 29.6 Å². The lowest BCUT2D eigenvalue weighted by atomic mass is 9.87. The SMILES string of the molecule is CC(NCC(C)(C)CCC#N)c1ccc2[nH]c(=O)[nH]c2c1. The third kappa shape index (κ3) is 3.96. The molecule has 1 unspecified atom stereocenters. The molecule has 0 aliphatic rings. The van der Waals surface area contributed by atoms with Crippen LogP contribution < -0.4 is 11.0 Å². The van der Waals surface area contributed by atoms with Gasteiger partial charge in [-0.05, 0) is 36.5 Å². The number of nitrogens with zero attached hydrogens (tertiary/aromatic N) is 1. The summed E-state index contributed by atoms with van der Waals surface area (Å²) in [5.41, 5.74) is 2.70. The molecule has 0 spiro atoms. The second kappa shape index (κ2) is 6.15. The molecule has 0 fully saturated rings. The molecule has 2 aromatic rings. The molecule has 5 heteroatoms. The average Bonchev–Trinajstić information content (AvgIpc) is 2.81. The van der Waals surface area contributed by atoms with Gasteiger partial charge < -0.3 is 15.3 Å². The van der Waals surface area contributed by atoms with Crippen molar-refractivity contribution in [2.45, 2.75) is 39.7 Å². The van der Waals surface area contributed by atoms with E-state index in [4.69, 9.17) is 5.26 Å².